The molecule has 0 spiro atoms. The third kappa shape index (κ3) is 4.23. The topological polar surface area (TPSA) is 0 Å². The molecule has 4 aliphatic carbocycles. The van der Waals surface area contributed by atoms with Gasteiger partial charge in [-0.3, -0.25) is 0 Å². The molecule has 0 radical (unpaired) electrons. The van der Waals surface area contributed by atoms with Gasteiger partial charge in [0.25, 0.3) is 0 Å². The zero-order valence-electron chi connectivity index (χ0n) is 17.3. The molecule has 0 amide bonds. The Morgan fingerprint density at radius 1 is 0.846 bits per heavy atom. The minimum atomic E-state index is 0.934. The number of fused-ring (bicyclic) bond motifs is 2. The van der Waals surface area contributed by atoms with Crippen LogP contribution >= 0.6 is 22.6 Å². The third-order valence-electron chi connectivity index (χ3n) is 9.24. The van der Waals surface area contributed by atoms with E-state index in [9.17, 15) is 0 Å². The van der Waals surface area contributed by atoms with Crippen molar-refractivity contribution in [3.8, 4) is 0 Å². The van der Waals surface area contributed by atoms with Gasteiger partial charge in [0.2, 0.25) is 0 Å². The zero-order valence-corrected chi connectivity index (χ0v) is 19.4. The lowest BCUT2D eigenvalue weighted by molar-refractivity contribution is 0.0626. The Kier molecular flexibility index (Phi) is 6.74. The number of halogens is 1. The lowest BCUT2D eigenvalue weighted by atomic mass is 9.60. The Bertz CT molecular complexity index is 494. The first-order chi connectivity index (χ1) is 12.7. The van der Waals surface area contributed by atoms with E-state index in [-0.39, 0.29) is 0 Å². The Morgan fingerprint density at radius 3 is 2.42 bits per heavy atom. The van der Waals surface area contributed by atoms with E-state index in [1.54, 1.807) is 12.8 Å². The summed E-state index contributed by atoms with van der Waals surface area (Å²) >= 11 is 2.71. The molecule has 4 fully saturated rings. The molecule has 0 aromatic rings. The molecular formula is C25H41I. The van der Waals surface area contributed by atoms with Gasteiger partial charge in [0.05, 0.1) is 0 Å². The van der Waals surface area contributed by atoms with Crippen molar-refractivity contribution >= 4 is 22.6 Å². The van der Waals surface area contributed by atoms with Crippen LogP contribution in [0.2, 0.25) is 0 Å². The van der Waals surface area contributed by atoms with Crippen molar-refractivity contribution < 1.29 is 0 Å². The molecule has 0 bridgehead atoms. The standard InChI is InChI=1S/C25H41I/c1-3-18(21-10-11-23-16-24(26)13-12-22(23)15-21)14-20-9-8-19-6-4-5-7-25(19)17(20)2/h3,17,19-25H,4-16H2,1-2H3/b18-3+/t17?,19?,20?,21?,22?,23?,24-,25?/m0/s1. The number of rotatable bonds is 3. The van der Waals surface area contributed by atoms with E-state index in [1.807, 2.05) is 5.57 Å². The molecule has 26 heavy (non-hydrogen) atoms. The molecular weight excluding hydrogens is 427 g/mol. The average Bonchev–Trinajstić information content (AvgIpc) is 2.67. The second-order valence-corrected chi connectivity index (χ2v) is 12.2. The van der Waals surface area contributed by atoms with Gasteiger partial charge in [0.15, 0.2) is 0 Å². The van der Waals surface area contributed by atoms with Crippen LogP contribution in [-0.4, -0.2) is 3.92 Å². The fourth-order valence-electron chi connectivity index (χ4n) is 7.61. The fourth-order valence-corrected chi connectivity index (χ4v) is 8.62. The van der Waals surface area contributed by atoms with Gasteiger partial charge in [-0.05, 0) is 113 Å². The highest BCUT2D eigenvalue weighted by molar-refractivity contribution is 14.1. The number of hydrogen-bond acceptors (Lipinski definition) is 0. The van der Waals surface area contributed by atoms with Crippen molar-refractivity contribution in [1.29, 1.82) is 0 Å². The molecule has 4 aliphatic rings. The maximum absolute atomic E-state index is 2.71. The Labute approximate surface area is 176 Å². The molecule has 0 saturated heterocycles. The summed E-state index contributed by atoms with van der Waals surface area (Å²) in [6, 6.07) is 0. The second kappa shape index (κ2) is 8.87. The predicted molar refractivity (Wildman–Crippen MR) is 122 cm³/mol. The van der Waals surface area contributed by atoms with Crippen LogP contribution in [-0.2, 0) is 0 Å². The van der Waals surface area contributed by atoms with E-state index in [0.29, 0.717) is 0 Å². The first-order valence-corrected chi connectivity index (χ1v) is 13.2. The van der Waals surface area contributed by atoms with Crippen molar-refractivity contribution in [1.82, 2.24) is 0 Å². The minimum Gasteiger partial charge on any atom is -0.0882 e. The Morgan fingerprint density at radius 2 is 1.58 bits per heavy atom. The molecule has 8 atom stereocenters. The first-order valence-electron chi connectivity index (χ1n) is 11.9. The van der Waals surface area contributed by atoms with Crippen LogP contribution in [0.4, 0.5) is 0 Å². The van der Waals surface area contributed by atoms with Gasteiger partial charge in [-0.1, -0.05) is 60.4 Å². The number of alkyl halides is 1. The Hall–Kier alpha value is 0.470. The summed E-state index contributed by atoms with van der Waals surface area (Å²) in [5.41, 5.74) is 1.87. The van der Waals surface area contributed by atoms with Crippen molar-refractivity contribution in [2.75, 3.05) is 0 Å². The normalized spacial score (nSPS) is 47.1. The zero-order chi connectivity index (χ0) is 18.1. The first kappa shape index (κ1) is 19.8. The minimum absolute atomic E-state index is 0.934. The summed E-state index contributed by atoms with van der Waals surface area (Å²) in [5, 5.41) is 0. The van der Waals surface area contributed by atoms with Crippen molar-refractivity contribution in [2.24, 2.45) is 41.4 Å². The average molecular weight is 469 g/mol. The molecule has 4 rings (SSSR count). The molecule has 0 aromatic heterocycles. The summed E-state index contributed by atoms with van der Waals surface area (Å²) in [7, 11) is 0. The van der Waals surface area contributed by atoms with Crippen molar-refractivity contribution in [3.05, 3.63) is 11.6 Å². The van der Waals surface area contributed by atoms with Crippen LogP contribution in [0.25, 0.3) is 0 Å². The molecule has 4 saturated carbocycles. The van der Waals surface area contributed by atoms with Gasteiger partial charge >= 0.3 is 0 Å². The predicted octanol–water partition coefficient (Wildman–Crippen LogP) is 8.20. The number of allylic oxidation sites excluding steroid dienone is 2. The largest absolute Gasteiger partial charge is 0.0882 e. The molecule has 0 aromatic carbocycles. The van der Waals surface area contributed by atoms with E-state index in [0.717, 1.165) is 45.3 Å². The monoisotopic (exact) mass is 468 g/mol. The van der Waals surface area contributed by atoms with Crippen LogP contribution in [0.1, 0.15) is 97.3 Å². The summed E-state index contributed by atoms with van der Waals surface area (Å²) in [6.45, 7) is 4.97. The smallest absolute Gasteiger partial charge is 0.0112 e. The van der Waals surface area contributed by atoms with Crippen LogP contribution in [0, 0.1) is 41.4 Å². The molecule has 148 valence electrons. The molecule has 0 aliphatic heterocycles. The van der Waals surface area contributed by atoms with E-state index < -0.39 is 0 Å². The molecule has 7 unspecified atom stereocenters. The van der Waals surface area contributed by atoms with Gasteiger partial charge < -0.3 is 0 Å². The van der Waals surface area contributed by atoms with Crippen LogP contribution in [0.5, 0.6) is 0 Å². The van der Waals surface area contributed by atoms with Crippen molar-refractivity contribution in [2.45, 2.75) is 101 Å². The fraction of sp³-hybridized carbons (Fsp3) is 0.920. The molecule has 0 N–H and O–H groups in total. The van der Waals surface area contributed by atoms with E-state index >= 15 is 0 Å². The molecule has 0 heterocycles. The summed E-state index contributed by atoms with van der Waals surface area (Å²) < 4.78 is 0.970. The lowest BCUT2D eigenvalue weighted by Crippen LogP contribution is -2.36. The Balaban J connectivity index is 1.36. The summed E-state index contributed by atoms with van der Waals surface area (Å²) in [6.07, 6.45) is 22.3. The van der Waals surface area contributed by atoms with E-state index in [2.05, 4.69) is 42.5 Å². The van der Waals surface area contributed by atoms with Crippen molar-refractivity contribution in [3.63, 3.8) is 0 Å². The summed E-state index contributed by atoms with van der Waals surface area (Å²) in [4.78, 5) is 0. The van der Waals surface area contributed by atoms with Gasteiger partial charge in [0, 0.05) is 3.92 Å². The van der Waals surface area contributed by atoms with Gasteiger partial charge in [-0.15, -0.1) is 0 Å². The van der Waals surface area contributed by atoms with E-state index in [1.165, 1.54) is 70.6 Å². The number of hydrogen-bond donors (Lipinski definition) is 0. The van der Waals surface area contributed by atoms with Crippen LogP contribution in [0.3, 0.4) is 0 Å². The van der Waals surface area contributed by atoms with Crippen LogP contribution < -0.4 is 0 Å². The quantitative estimate of drug-likeness (QED) is 0.222. The van der Waals surface area contributed by atoms with E-state index in [4.69, 9.17) is 0 Å². The lowest BCUT2D eigenvalue weighted by Gasteiger charge is -2.46. The van der Waals surface area contributed by atoms with Gasteiger partial charge in [0.1, 0.15) is 0 Å². The highest BCUT2D eigenvalue weighted by Crippen LogP contribution is 2.50. The summed E-state index contributed by atoms with van der Waals surface area (Å²) in [5.74, 6) is 7.18. The highest BCUT2D eigenvalue weighted by Gasteiger charge is 2.40. The van der Waals surface area contributed by atoms with Crippen LogP contribution in [0.15, 0.2) is 11.6 Å². The SMILES string of the molecule is C/C=C(\CC1CCC2CCCCC2C1C)C1CCC2C[C@@H](I)CCC2C1. The van der Waals surface area contributed by atoms with Gasteiger partial charge in [-0.25, -0.2) is 0 Å². The maximum Gasteiger partial charge on any atom is 0.0112 e. The third-order valence-corrected chi connectivity index (χ3v) is 10.4. The van der Waals surface area contributed by atoms with Gasteiger partial charge in [-0.2, -0.15) is 0 Å². The highest BCUT2D eigenvalue weighted by atomic mass is 127. The maximum atomic E-state index is 2.71. The molecule has 0 nitrogen and oxygen atoms in total. The molecule has 1 heteroatoms. The second-order valence-electron chi connectivity index (χ2n) is 10.4.